The summed E-state index contributed by atoms with van der Waals surface area (Å²) in [6.45, 7) is 3.96. The van der Waals surface area contributed by atoms with Crippen LogP contribution in [0.1, 0.15) is 35.5 Å². The first kappa shape index (κ1) is 16.9. The lowest BCUT2D eigenvalue weighted by molar-refractivity contribution is -0.131. The molecule has 0 atom stereocenters. The summed E-state index contributed by atoms with van der Waals surface area (Å²) in [6, 6.07) is 1.74. The fourth-order valence-corrected chi connectivity index (χ4v) is 2.36. The lowest BCUT2D eigenvalue weighted by Gasteiger charge is -2.08. The number of rotatable bonds is 7. The van der Waals surface area contributed by atoms with Gasteiger partial charge >= 0.3 is 5.97 Å². The molecule has 7 heteroatoms. The first-order chi connectivity index (χ1) is 9.90. The van der Waals surface area contributed by atoms with E-state index in [-0.39, 0.29) is 30.8 Å². The van der Waals surface area contributed by atoms with Crippen LogP contribution in [0.25, 0.3) is 6.08 Å². The molecule has 114 valence electrons. The van der Waals surface area contributed by atoms with Gasteiger partial charge in [-0.1, -0.05) is 0 Å². The molecule has 0 aliphatic heterocycles. The van der Waals surface area contributed by atoms with Gasteiger partial charge in [0.2, 0.25) is 5.91 Å². The summed E-state index contributed by atoms with van der Waals surface area (Å²) in [6.07, 6.45) is 2.56. The number of nitrogens with one attached hydrogen (secondary N) is 2. The summed E-state index contributed by atoms with van der Waals surface area (Å²) in [5.74, 6) is -1.51. The van der Waals surface area contributed by atoms with Crippen molar-refractivity contribution in [3.05, 3.63) is 28.0 Å². The number of carbonyl (C=O) groups is 3. The molecule has 0 aliphatic rings. The molecule has 2 amide bonds. The molecular weight excluding hydrogens is 292 g/mol. The van der Waals surface area contributed by atoms with Crippen molar-refractivity contribution >= 4 is 35.2 Å². The van der Waals surface area contributed by atoms with E-state index >= 15 is 0 Å². The minimum absolute atomic E-state index is 0.0678. The van der Waals surface area contributed by atoms with Gasteiger partial charge in [0.05, 0.1) is 4.88 Å². The number of carboxylic acids is 1. The van der Waals surface area contributed by atoms with Crippen LogP contribution < -0.4 is 10.6 Å². The molecule has 1 rings (SSSR count). The Kier molecular flexibility index (Phi) is 6.61. The molecule has 6 nitrogen and oxygen atoms in total. The van der Waals surface area contributed by atoms with Gasteiger partial charge in [-0.3, -0.25) is 9.59 Å². The van der Waals surface area contributed by atoms with E-state index in [0.29, 0.717) is 10.4 Å². The maximum absolute atomic E-state index is 12.0. The van der Waals surface area contributed by atoms with E-state index in [2.05, 4.69) is 10.6 Å². The molecule has 0 aromatic carbocycles. The van der Waals surface area contributed by atoms with Gasteiger partial charge in [-0.15, -0.1) is 11.3 Å². The van der Waals surface area contributed by atoms with Crippen LogP contribution in [0.5, 0.6) is 0 Å². The number of amides is 2. The Morgan fingerprint density at radius 2 is 2.10 bits per heavy atom. The van der Waals surface area contributed by atoms with Gasteiger partial charge in [0.15, 0.2) is 0 Å². The van der Waals surface area contributed by atoms with Gasteiger partial charge in [-0.25, -0.2) is 4.79 Å². The maximum Gasteiger partial charge on any atom is 0.328 e. The summed E-state index contributed by atoms with van der Waals surface area (Å²) < 4.78 is 0. The summed E-state index contributed by atoms with van der Waals surface area (Å²) in [4.78, 5) is 34.3. The number of hydrogen-bond donors (Lipinski definition) is 3. The van der Waals surface area contributed by atoms with Crippen molar-refractivity contribution in [2.75, 3.05) is 6.54 Å². The summed E-state index contributed by atoms with van der Waals surface area (Å²) in [5.41, 5.74) is 0.548. The van der Waals surface area contributed by atoms with Gasteiger partial charge in [0, 0.05) is 25.1 Å². The second kappa shape index (κ2) is 8.21. The third-order valence-electron chi connectivity index (χ3n) is 2.39. The van der Waals surface area contributed by atoms with Crippen LogP contribution in [0.4, 0.5) is 0 Å². The zero-order valence-electron chi connectivity index (χ0n) is 11.9. The van der Waals surface area contributed by atoms with E-state index < -0.39 is 5.97 Å². The highest BCUT2D eigenvalue weighted by Crippen LogP contribution is 2.18. The van der Waals surface area contributed by atoms with Gasteiger partial charge in [-0.05, 0) is 36.9 Å². The van der Waals surface area contributed by atoms with Crippen LogP contribution in [0.15, 0.2) is 17.5 Å². The number of aliphatic carboxylic acids is 1. The number of carbonyl (C=O) groups excluding carboxylic acids is 2. The van der Waals surface area contributed by atoms with Crippen molar-refractivity contribution in [1.29, 1.82) is 0 Å². The van der Waals surface area contributed by atoms with Crippen molar-refractivity contribution in [1.82, 2.24) is 10.6 Å². The highest BCUT2D eigenvalue weighted by atomic mass is 32.1. The van der Waals surface area contributed by atoms with Crippen LogP contribution in [0.3, 0.4) is 0 Å². The Labute approximate surface area is 126 Å². The zero-order chi connectivity index (χ0) is 15.8. The van der Waals surface area contributed by atoms with Crippen molar-refractivity contribution in [2.45, 2.75) is 26.3 Å². The van der Waals surface area contributed by atoms with Crippen molar-refractivity contribution in [3.63, 3.8) is 0 Å². The van der Waals surface area contributed by atoms with Gasteiger partial charge in [0.25, 0.3) is 5.91 Å². The Morgan fingerprint density at radius 1 is 1.38 bits per heavy atom. The van der Waals surface area contributed by atoms with Crippen LogP contribution in [0, 0.1) is 0 Å². The molecule has 1 aromatic heterocycles. The van der Waals surface area contributed by atoms with Crippen LogP contribution in [0.2, 0.25) is 0 Å². The van der Waals surface area contributed by atoms with Gasteiger partial charge in [0.1, 0.15) is 0 Å². The van der Waals surface area contributed by atoms with E-state index in [0.717, 1.165) is 6.08 Å². The average molecular weight is 310 g/mol. The highest BCUT2D eigenvalue weighted by Gasteiger charge is 2.12. The predicted octanol–water partition coefficient (Wildman–Crippen LogP) is 1.49. The molecule has 0 spiro atoms. The standard InChI is InChI=1S/C14H18N2O4S/c1-9(2)16-11(17)5-7-15-14(20)13-10(6-8-21-13)3-4-12(18)19/h3-4,6,8-9H,5,7H2,1-2H3,(H,15,20)(H,16,17)(H,18,19)/b4-3+. The molecular formula is C14H18N2O4S. The molecule has 21 heavy (non-hydrogen) atoms. The van der Waals surface area contributed by atoms with Crippen molar-refractivity contribution in [3.8, 4) is 0 Å². The number of carboxylic acid groups (broad SMARTS) is 1. The molecule has 0 saturated carbocycles. The normalized spacial score (nSPS) is 10.8. The number of hydrogen-bond acceptors (Lipinski definition) is 4. The third kappa shape index (κ3) is 6.22. The van der Waals surface area contributed by atoms with E-state index in [1.54, 1.807) is 11.4 Å². The van der Waals surface area contributed by atoms with Crippen molar-refractivity contribution < 1.29 is 19.5 Å². The first-order valence-electron chi connectivity index (χ1n) is 6.46. The molecule has 0 aliphatic carbocycles. The highest BCUT2D eigenvalue weighted by molar-refractivity contribution is 7.12. The molecule has 0 unspecified atom stereocenters. The summed E-state index contributed by atoms with van der Waals surface area (Å²) in [7, 11) is 0. The fourth-order valence-electron chi connectivity index (χ4n) is 1.56. The van der Waals surface area contributed by atoms with E-state index in [9.17, 15) is 14.4 Å². The molecule has 0 bridgehead atoms. The van der Waals surface area contributed by atoms with Gasteiger partial charge in [-0.2, -0.15) is 0 Å². The van der Waals surface area contributed by atoms with Crippen LogP contribution >= 0.6 is 11.3 Å². The number of thiophene rings is 1. The predicted molar refractivity (Wildman–Crippen MR) is 81.2 cm³/mol. The first-order valence-corrected chi connectivity index (χ1v) is 7.34. The Hall–Kier alpha value is -2.15. The van der Waals surface area contributed by atoms with E-state index in [4.69, 9.17) is 5.11 Å². The minimum Gasteiger partial charge on any atom is -0.478 e. The topological polar surface area (TPSA) is 95.5 Å². The lowest BCUT2D eigenvalue weighted by Crippen LogP contribution is -2.34. The second-order valence-corrected chi connectivity index (χ2v) is 5.52. The largest absolute Gasteiger partial charge is 0.478 e. The van der Waals surface area contributed by atoms with Crippen LogP contribution in [-0.2, 0) is 9.59 Å². The second-order valence-electron chi connectivity index (χ2n) is 4.60. The molecule has 0 radical (unpaired) electrons. The lowest BCUT2D eigenvalue weighted by atomic mass is 10.2. The molecule has 1 aromatic rings. The maximum atomic E-state index is 12.0. The van der Waals surface area contributed by atoms with Gasteiger partial charge < -0.3 is 15.7 Å². The Morgan fingerprint density at radius 3 is 2.71 bits per heavy atom. The molecule has 0 saturated heterocycles. The quantitative estimate of drug-likeness (QED) is 0.665. The van der Waals surface area contributed by atoms with E-state index in [1.165, 1.54) is 17.4 Å². The van der Waals surface area contributed by atoms with E-state index in [1.807, 2.05) is 13.8 Å². The Balaban J connectivity index is 2.51. The van der Waals surface area contributed by atoms with Crippen LogP contribution in [-0.4, -0.2) is 35.5 Å². The zero-order valence-corrected chi connectivity index (χ0v) is 12.7. The fraction of sp³-hybridized carbons (Fsp3) is 0.357. The Bertz CT molecular complexity index is 549. The van der Waals surface area contributed by atoms with Crippen molar-refractivity contribution in [2.24, 2.45) is 0 Å². The SMILES string of the molecule is CC(C)NC(=O)CCNC(=O)c1sccc1/C=C/C(=O)O. The third-order valence-corrected chi connectivity index (χ3v) is 3.32. The average Bonchev–Trinajstić information content (AvgIpc) is 2.83. The molecule has 1 heterocycles. The molecule has 3 N–H and O–H groups in total. The minimum atomic E-state index is -1.07. The monoisotopic (exact) mass is 310 g/mol. The summed E-state index contributed by atoms with van der Waals surface area (Å²) >= 11 is 1.22. The summed E-state index contributed by atoms with van der Waals surface area (Å²) in [5, 5.41) is 15.7. The smallest absolute Gasteiger partial charge is 0.328 e. The molecule has 0 fully saturated rings.